The number of methoxy groups -OCH3 is 1. The molecular weight excluding hydrogens is 310 g/mol. The Hall–Kier alpha value is -0.720. The van der Waals surface area contributed by atoms with Crippen molar-refractivity contribution in [2.75, 3.05) is 31.8 Å². The Morgan fingerprint density at radius 3 is 2.67 bits per heavy atom. The topological polar surface area (TPSA) is 56.1 Å². The highest BCUT2D eigenvalue weighted by Crippen LogP contribution is 2.31. The molecule has 1 aromatic rings. The van der Waals surface area contributed by atoms with Gasteiger partial charge >= 0.3 is 0 Å². The van der Waals surface area contributed by atoms with Crippen molar-refractivity contribution in [1.29, 1.82) is 0 Å². The Morgan fingerprint density at radius 1 is 1.48 bits per heavy atom. The molecule has 0 aliphatic carbocycles. The van der Waals surface area contributed by atoms with Crippen LogP contribution in [0.3, 0.4) is 0 Å². The molecule has 0 saturated heterocycles. The van der Waals surface area contributed by atoms with Crippen LogP contribution >= 0.6 is 23.4 Å². The lowest BCUT2D eigenvalue weighted by molar-refractivity contribution is 0.182. The van der Waals surface area contributed by atoms with E-state index in [1.165, 1.54) is 4.68 Å². The number of aromatic nitrogens is 2. The van der Waals surface area contributed by atoms with Gasteiger partial charge in [-0.3, -0.25) is 4.79 Å². The highest BCUT2D eigenvalue weighted by atomic mass is 35.5. The predicted octanol–water partition coefficient (Wildman–Crippen LogP) is 2.88. The maximum atomic E-state index is 12.1. The standard InChI is InChI=1S/C14H24ClN3O2S/c1-5-14(6-2,21-4)10-16-11-9-17-18(7-8-20-3)13(19)12(11)15/h9,16H,5-8,10H2,1-4H3. The lowest BCUT2D eigenvalue weighted by Gasteiger charge is -2.30. The van der Waals surface area contributed by atoms with E-state index in [0.717, 1.165) is 19.4 Å². The van der Waals surface area contributed by atoms with Gasteiger partial charge in [-0.1, -0.05) is 25.4 Å². The van der Waals surface area contributed by atoms with Crippen LogP contribution < -0.4 is 10.9 Å². The van der Waals surface area contributed by atoms with E-state index >= 15 is 0 Å². The number of thioether (sulfide) groups is 1. The van der Waals surface area contributed by atoms with Gasteiger partial charge in [0.2, 0.25) is 0 Å². The fourth-order valence-electron chi connectivity index (χ4n) is 2.04. The fraction of sp³-hybridized carbons (Fsp3) is 0.714. The molecule has 0 amide bonds. The molecule has 0 spiro atoms. The van der Waals surface area contributed by atoms with E-state index in [2.05, 4.69) is 30.5 Å². The summed E-state index contributed by atoms with van der Waals surface area (Å²) in [7, 11) is 1.58. The SMILES string of the molecule is CCC(CC)(CNc1cnn(CCOC)c(=O)c1Cl)SC. The number of hydrogen-bond donors (Lipinski definition) is 1. The molecule has 0 bridgehead atoms. The van der Waals surface area contributed by atoms with Crippen molar-refractivity contribution in [2.24, 2.45) is 0 Å². The van der Waals surface area contributed by atoms with Crippen LogP contribution in [0.5, 0.6) is 0 Å². The van der Waals surface area contributed by atoms with Gasteiger partial charge in [0, 0.05) is 18.4 Å². The van der Waals surface area contributed by atoms with Gasteiger partial charge in [0.15, 0.2) is 0 Å². The fourth-order valence-corrected chi connectivity index (χ4v) is 3.05. The summed E-state index contributed by atoms with van der Waals surface area (Å²) in [5.41, 5.74) is 0.303. The summed E-state index contributed by atoms with van der Waals surface area (Å²) in [6, 6.07) is 0. The molecule has 0 fully saturated rings. The second kappa shape index (κ2) is 8.66. The van der Waals surface area contributed by atoms with Gasteiger partial charge in [0.05, 0.1) is 25.0 Å². The summed E-state index contributed by atoms with van der Waals surface area (Å²) in [6.45, 7) is 5.92. The van der Waals surface area contributed by atoms with Crippen molar-refractivity contribution < 1.29 is 4.74 Å². The maximum absolute atomic E-state index is 12.1. The zero-order valence-corrected chi connectivity index (χ0v) is 14.7. The molecule has 0 unspecified atom stereocenters. The molecule has 120 valence electrons. The van der Waals surface area contributed by atoms with E-state index in [1.807, 2.05) is 11.8 Å². The van der Waals surface area contributed by atoms with E-state index < -0.39 is 0 Å². The van der Waals surface area contributed by atoms with Crippen molar-refractivity contribution in [2.45, 2.75) is 38.0 Å². The molecule has 0 aromatic carbocycles. The number of ether oxygens (including phenoxy) is 1. The zero-order chi connectivity index (χ0) is 15.9. The second-order valence-corrected chi connectivity index (χ2v) is 6.49. The van der Waals surface area contributed by atoms with Crippen LogP contribution in [0.2, 0.25) is 5.02 Å². The third kappa shape index (κ3) is 4.63. The average Bonchev–Trinajstić information content (AvgIpc) is 2.52. The molecule has 0 saturated carbocycles. The minimum atomic E-state index is -0.290. The molecule has 1 aromatic heterocycles. The summed E-state index contributed by atoms with van der Waals surface area (Å²) in [5, 5.41) is 7.58. The van der Waals surface area contributed by atoms with Crippen LogP contribution in [0.15, 0.2) is 11.0 Å². The lowest BCUT2D eigenvalue weighted by Crippen LogP contribution is -2.33. The Labute approximate surface area is 135 Å². The molecule has 0 aliphatic rings. The van der Waals surface area contributed by atoms with Crippen LogP contribution in [0.4, 0.5) is 5.69 Å². The smallest absolute Gasteiger partial charge is 0.287 e. The van der Waals surface area contributed by atoms with Gasteiger partial charge in [0.1, 0.15) is 5.02 Å². The first-order valence-corrected chi connectivity index (χ1v) is 8.67. The van der Waals surface area contributed by atoms with Crippen molar-refractivity contribution in [3.63, 3.8) is 0 Å². The summed E-state index contributed by atoms with van der Waals surface area (Å²) in [5.74, 6) is 0. The van der Waals surface area contributed by atoms with Gasteiger partial charge in [-0.2, -0.15) is 16.9 Å². The molecule has 1 N–H and O–H groups in total. The zero-order valence-electron chi connectivity index (χ0n) is 13.1. The monoisotopic (exact) mass is 333 g/mol. The number of nitrogens with one attached hydrogen (secondary N) is 1. The Morgan fingerprint density at radius 2 is 2.14 bits per heavy atom. The first-order chi connectivity index (χ1) is 10.0. The molecule has 0 atom stereocenters. The number of anilines is 1. The van der Waals surface area contributed by atoms with Crippen molar-refractivity contribution >= 4 is 29.1 Å². The first-order valence-electron chi connectivity index (χ1n) is 7.07. The summed E-state index contributed by atoms with van der Waals surface area (Å²) in [6.07, 6.45) is 5.81. The Kier molecular flexibility index (Phi) is 7.56. The molecular formula is C14H24ClN3O2S. The van der Waals surface area contributed by atoms with Crippen LogP contribution in [0.25, 0.3) is 0 Å². The Balaban J connectivity index is 2.86. The van der Waals surface area contributed by atoms with Gasteiger partial charge in [-0.25, -0.2) is 4.68 Å². The number of rotatable bonds is 9. The maximum Gasteiger partial charge on any atom is 0.287 e. The minimum absolute atomic E-state index is 0.147. The molecule has 5 nitrogen and oxygen atoms in total. The summed E-state index contributed by atoms with van der Waals surface area (Å²) in [4.78, 5) is 12.1. The molecule has 0 aliphatic heterocycles. The van der Waals surface area contributed by atoms with Crippen molar-refractivity contribution in [3.8, 4) is 0 Å². The second-order valence-electron chi connectivity index (χ2n) is 4.84. The van der Waals surface area contributed by atoms with Crippen molar-refractivity contribution in [1.82, 2.24) is 9.78 Å². The predicted molar refractivity (Wildman–Crippen MR) is 90.7 cm³/mol. The van der Waals surface area contributed by atoms with Gasteiger partial charge < -0.3 is 10.1 Å². The number of halogens is 1. The molecule has 1 rings (SSSR count). The van der Waals surface area contributed by atoms with E-state index in [-0.39, 0.29) is 15.3 Å². The molecule has 7 heteroatoms. The highest BCUT2D eigenvalue weighted by molar-refractivity contribution is 8.00. The van der Waals surface area contributed by atoms with Crippen LogP contribution in [-0.4, -0.2) is 41.0 Å². The van der Waals surface area contributed by atoms with Crippen molar-refractivity contribution in [3.05, 3.63) is 21.6 Å². The van der Waals surface area contributed by atoms with Crippen LogP contribution in [0, 0.1) is 0 Å². The highest BCUT2D eigenvalue weighted by Gasteiger charge is 2.25. The third-order valence-corrected chi connectivity index (χ3v) is 5.77. The molecule has 21 heavy (non-hydrogen) atoms. The molecule has 1 heterocycles. The Bertz CT molecular complexity index is 495. The first kappa shape index (κ1) is 18.3. The average molecular weight is 334 g/mol. The minimum Gasteiger partial charge on any atom is -0.383 e. The van der Waals surface area contributed by atoms with Gasteiger partial charge in [-0.05, 0) is 19.1 Å². The van der Waals surface area contributed by atoms with E-state index in [0.29, 0.717) is 18.8 Å². The van der Waals surface area contributed by atoms with E-state index in [9.17, 15) is 4.79 Å². The summed E-state index contributed by atoms with van der Waals surface area (Å²) >= 11 is 7.99. The van der Waals surface area contributed by atoms with Crippen LogP contribution in [0.1, 0.15) is 26.7 Å². The lowest BCUT2D eigenvalue weighted by atomic mass is 10.0. The third-order valence-electron chi connectivity index (χ3n) is 3.81. The largest absolute Gasteiger partial charge is 0.383 e. The van der Waals surface area contributed by atoms with Gasteiger partial charge in [0.25, 0.3) is 5.56 Å². The summed E-state index contributed by atoms with van der Waals surface area (Å²) < 4.78 is 6.41. The molecule has 0 radical (unpaired) electrons. The van der Waals surface area contributed by atoms with Crippen LogP contribution in [-0.2, 0) is 11.3 Å². The van der Waals surface area contributed by atoms with Gasteiger partial charge in [-0.15, -0.1) is 0 Å². The quantitative estimate of drug-likeness (QED) is 0.753. The number of hydrogen-bond acceptors (Lipinski definition) is 5. The number of nitrogens with zero attached hydrogens (tertiary/aromatic N) is 2. The normalized spacial score (nSPS) is 11.7. The van der Waals surface area contributed by atoms with E-state index in [4.69, 9.17) is 16.3 Å². The van der Waals surface area contributed by atoms with E-state index in [1.54, 1.807) is 13.3 Å².